The van der Waals surface area contributed by atoms with Crippen LogP contribution in [0.3, 0.4) is 0 Å². The van der Waals surface area contributed by atoms with E-state index in [1.165, 1.54) is 5.56 Å². The lowest BCUT2D eigenvalue weighted by molar-refractivity contribution is -0.124. The average molecular weight is 394 g/mol. The van der Waals surface area contributed by atoms with Gasteiger partial charge in [-0.3, -0.25) is 9.59 Å². The molecule has 1 atom stereocenters. The second kappa shape index (κ2) is 9.37. The van der Waals surface area contributed by atoms with Crippen molar-refractivity contribution in [3.8, 4) is 0 Å². The first kappa shape index (κ1) is 20.6. The highest BCUT2D eigenvalue weighted by molar-refractivity contribution is 5.96. The second-order valence-electron chi connectivity index (χ2n) is 7.16. The monoisotopic (exact) mass is 394 g/mol. The van der Waals surface area contributed by atoms with Gasteiger partial charge in [0.1, 0.15) is 0 Å². The van der Waals surface area contributed by atoms with Gasteiger partial charge in [-0.15, -0.1) is 0 Å². The maximum Gasteiger partial charge on any atom is 0.338 e. The van der Waals surface area contributed by atoms with Gasteiger partial charge in [-0.2, -0.15) is 0 Å². The van der Waals surface area contributed by atoms with E-state index in [2.05, 4.69) is 12.2 Å². The summed E-state index contributed by atoms with van der Waals surface area (Å²) < 4.78 is 5.12. The van der Waals surface area contributed by atoms with Gasteiger partial charge in [-0.05, 0) is 55.2 Å². The van der Waals surface area contributed by atoms with Crippen molar-refractivity contribution >= 4 is 23.5 Å². The fourth-order valence-corrected chi connectivity index (χ4v) is 3.32. The summed E-state index contributed by atoms with van der Waals surface area (Å²) in [5.74, 6) is -0.834. The average Bonchev–Trinajstić information content (AvgIpc) is 3.18. The number of benzene rings is 2. The molecule has 1 fully saturated rings. The smallest absolute Gasteiger partial charge is 0.338 e. The Balaban J connectivity index is 1.49. The Hall–Kier alpha value is -3.15. The molecule has 1 aliphatic heterocycles. The summed E-state index contributed by atoms with van der Waals surface area (Å²) >= 11 is 0. The number of carbonyl (C=O) groups excluding carboxylic acids is 3. The van der Waals surface area contributed by atoms with Crippen LogP contribution in [0, 0.1) is 0 Å². The van der Waals surface area contributed by atoms with Gasteiger partial charge in [0, 0.05) is 18.7 Å². The molecule has 2 aromatic carbocycles. The Bertz CT molecular complexity index is 875. The third kappa shape index (κ3) is 5.22. The fraction of sp³-hybridized carbons (Fsp3) is 0.348. The summed E-state index contributed by atoms with van der Waals surface area (Å²) in [5, 5.41) is 2.83. The van der Waals surface area contributed by atoms with E-state index in [9.17, 15) is 14.4 Å². The maximum absolute atomic E-state index is 12.2. The van der Waals surface area contributed by atoms with Crippen LogP contribution in [-0.4, -0.2) is 30.9 Å². The molecule has 1 heterocycles. The molecule has 1 N–H and O–H groups in total. The van der Waals surface area contributed by atoms with E-state index in [1.54, 1.807) is 29.2 Å². The van der Waals surface area contributed by atoms with Gasteiger partial charge in [0.25, 0.3) is 5.91 Å². The molecule has 1 aliphatic rings. The fourth-order valence-electron chi connectivity index (χ4n) is 3.32. The third-order valence-corrected chi connectivity index (χ3v) is 5.09. The topological polar surface area (TPSA) is 75.7 Å². The van der Waals surface area contributed by atoms with Gasteiger partial charge in [0.2, 0.25) is 5.91 Å². The number of aryl methyl sites for hydroxylation is 1. The number of anilines is 1. The number of rotatable bonds is 7. The Morgan fingerprint density at radius 2 is 1.79 bits per heavy atom. The van der Waals surface area contributed by atoms with Crippen LogP contribution in [-0.2, 0) is 20.7 Å². The van der Waals surface area contributed by atoms with Gasteiger partial charge in [0.05, 0.1) is 11.6 Å². The number of carbonyl (C=O) groups is 3. The lowest BCUT2D eigenvalue weighted by atomic mass is 10.1. The molecule has 0 aliphatic carbocycles. The Morgan fingerprint density at radius 1 is 1.10 bits per heavy atom. The Kier molecular flexibility index (Phi) is 6.65. The summed E-state index contributed by atoms with van der Waals surface area (Å²) in [6, 6.07) is 14.5. The van der Waals surface area contributed by atoms with Crippen LogP contribution in [0.15, 0.2) is 48.5 Å². The summed E-state index contributed by atoms with van der Waals surface area (Å²) in [6.45, 7) is 4.33. The van der Waals surface area contributed by atoms with Crippen molar-refractivity contribution in [2.24, 2.45) is 0 Å². The zero-order chi connectivity index (χ0) is 20.8. The van der Waals surface area contributed by atoms with Gasteiger partial charge >= 0.3 is 5.97 Å². The summed E-state index contributed by atoms with van der Waals surface area (Å²) in [5.41, 5.74) is 3.34. The van der Waals surface area contributed by atoms with Crippen LogP contribution in [0.5, 0.6) is 0 Å². The standard InChI is InChI=1S/C23H26N2O4/c1-3-17-6-8-18(9-7-17)16(2)24-21(26)15-29-23(28)19-10-12-20(13-11-19)25-14-4-5-22(25)27/h6-13,16H,3-5,14-15H2,1-2H3,(H,24,26)/t16-/m0/s1. The normalized spacial score (nSPS) is 14.6. The van der Waals surface area contributed by atoms with E-state index in [0.717, 1.165) is 24.1 Å². The molecular formula is C23H26N2O4. The first-order valence-corrected chi connectivity index (χ1v) is 9.93. The van der Waals surface area contributed by atoms with E-state index < -0.39 is 5.97 Å². The summed E-state index contributed by atoms with van der Waals surface area (Å²) in [6.07, 6.45) is 2.37. The molecule has 2 aromatic rings. The number of amides is 2. The molecular weight excluding hydrogens is 368 g/mol. The highest BCUT2D eigenvalue weighted by Gasteiger charge is 2.22. The highest BCUT2D eigenvalue weighted by atomic mass is 16.5. The first-order valence-electron chi connectivity index (χ1n) is 9.93. The maximum atomic E-state index is 12.2. The zero-order valence-corrected chi connectivity index (χ0v) is 16.8. The van der Waals surface area contributed by atoms with Crippen LogP contribution in [0.2, 0.25) is 0 Å². The molecule has 0 unspecified atom stereocenters. The molecule has 6 nitrogen and oxygen atoms in total. The van der Waals surface area contributed by atoms with Gasteiger partial charge in [-0.1, -0.05) is 31.2 Å². The van der Waals surface area contributed by atoms with Crippen molar-refractivity contribution < 1.29 is 19.1 Å². The molecule has 29 heavy (non-hydrogen) atoms. The number of ether oxygens (including phenoxy) is 1. The van der Waals surface area contributed by atoms with Gasteiger partial charge in [-0.25, -0.2) is 4.79 Å². The van der Waals surface area contributed by atoms with Crippen molar-refractivity contribution in [2.75, 3.05) is 18.1 Å². The number of hydrogen-bond donors (Lipinski definition) is 1. The first-order chi connectivity index (χ1) is 14.0. The van der Waals surface area contributed by atoms with E-state index >= 15 is 0 Å². The van der Waals surface area contributed by atoms with E-state index in [-0.39, 0.29) is 24.5 Å². The van der Waals surface area contributed by atoms with Crippen LogP contribution < -0.4 is 10.2 Å². The largest absolute Gasteiger partial charge is 0.452 e. The number of nitrogens with zero attached hydrogens (tertiary/aromatic N) is 1. The van der Waals surface area contributed by atoms with E-state index in [1.807, 2.05) is 31.2 Å². The number of esters is 1. The number of nitrogens with one attached hydrogen (secondary N) is 1. The van der Waals surface area contributed by atoms with Gasteiger partial charge < -0.3 is 15.0 Å². The lowest BCUT2D eigenvalue weighted by Crippen LogP contribution is -2.31. The van der Waals surface area contributed by atoms with Crippen molar-refractivity contribution in [1.29, 1.82) is 0 Å². The molecule has 1 saturated heterocycles. The van der Waals surface area contributed by atoms with Crippen molar-refractivity contribution in [3.63, 3.8) is 0 Å². The van der Waals surface area contributed by atoms with Crippen molar-refractivity contribution in [1.82, 2.24) is 5.32 Å². The molecule has 0 radical (unpaired) electrons. The molecule has 0 spiro atoms. The molecule has 0 saturated carbocycles. The predicted octanol–water partition coefficient (Wildman–Crippen LogP) is 3.41. The van der Waals surface area contributed by atoms with E-state index in [4.69, 9.17) is 4.74 Å². The van der Waals surface area contributed by atoms with Crippen LogP contribution >= 0.6 is 0 Å². The second-order valence-corrected chi connectivity index (χ2v) is 7.16. The molecule has 0 bridgehead atoms. The minimum Gasteiger partial charge on any atom is -0.452 e. The van der Waals surface area contributed by atoms with Crippen molar-refractivity contribution in [3.05, 3.63) is 65.2 Å². The molecule has 152 valence electrons. The molecule has 2 amide bonds. The quantitative estimate of drug-likeness (QED) is 0.730. The molecule has 3 rings (SSSR count). The SMILES string of the molecule is CCc1ccc([C@H](C)NC(=O)COC(=O)c2ccc(N3CCCC3=O)cc2)cc1. The van der Waals surface area contributed by atoms with E-state index in [0.29, 0.717) is 18.5 Å². The Morgan fingerprint density at radius 3 is 2.38 bits per heavy atom. The summed E-state index contributed by atoms with van der Waals surface area (Å²) in [4.78, 5) is 37.8. The minimum absolute atomic E-state index is 0.0930. The number of hydrogen-bond acceptors (Lipinski definition) is 4. The van der Waals surface area contributed by atoms with Crippen LogP contribution in [0.1, 0.15) is 54.2 Å². The zero-order valence-electron chi connectivity index (χ0n) is 16.8. The molecule has 6 heteroatoms. The highest BCUT2D eigenvalue weighted by Crippen LogP contribution is 2.21. The summed E-state index contributed by atoms with van der Waals surface area (Å²) in [7, 11) is 0. The van der Waals surface area contributed by atoms with Crippen LogP contribution in [0.4, 0.5) is 5.69 Å². The third-order valence-electron chi connectivity index (χ3n) is 5.09. The minimum atomic E-state index is -0.570. The predicted molar refractivity (Wildman–Crippen MR) is 111 cm³/mol. The Labute approximate surface area is 170 Å². The van der Waals surface area contributed by atoms with Gasteiger partial charge in [0.15, 0.2) is 6.61 Å². The van der Waals surface area contributed by atoms with Crippen LogP contribution in [0.25, 0.3) is 0 Å². The van der Waals surface area contributed by atoms with Crippen molar-refractivity contribution in [2.45, 2.75) is 39.2 Å². The molecule has 0 aromatic heterocycles. The lowest BCUT2D eigenvalue weighted by Gasteiger charge is -2.16.